The first-order chi connectivity index (χ1) is 4.83. The second-order valence-electron chi connectivity index (χ2n) is 2.24. The number of aliphatic hydroxyl groups is 3. The van der Waals surface area contributed by atoms with E-state index in [2.05, 4.69) is 6.58 Å². The first-order valence-corrected chi connectivity index (χ1v) is 2.94. The van der Waals surface area contributed by atoms with Crippen molar-refractivity contribution in [3.05, 3.63) is 12.2 Å². The Kier molecular flexibility index (Phi) is 3.18. The van der Waals surface area contributed by atoms with Gasteiger partial charge < -0.3 is 20.6 Å². The molecule has 0 aliphatic heterocycles. The minimum absolute atomic E-state index is 0.231. The lowest BCUT2D eigenvalue weighted by Gasteiger charge is -2.14. The summed E-state index contributed by atoms with van der Waals surface area (Å²) in [5.41, 5.74) is 0.231. The molecule has 64 valence electrons. The zero-order chi connectivity index (χ0) is 9.07. The van der Waals surface area contributed by atoms with Crippen LogP contribution in [0.3, 0.4) is 0 Å². The fraction of sp³-hybridized carbons (Fsp3) is 0.500. The third-order valence-corrected chi connectivity index (χ3v) is 0.874. The summed E-state index contributed by atoms with van der Waals surface area (Å²) in [4.78, 5) is 10.6. The molecule has 0 unspecified atom stereocenters. The molecule has 0 bridgehead atoms. The zero-order valence-corrected chi connectivity index (χ0v) is 6.16. The predicted octanol–water partition coefficient (Wildman–Crippen LogP) is -1.69. The zero-order valence-electron chi connectivity index (χ0n) is 6.16. The standard InChI is InChI=1S/C6H11NO4/c1-4(2)5(8)7-3-6(9,10)11/h9-11H,1,3H2,2H3,(H,7,8). The van der Waals surface area contributed by atoms with Crippen molar-refractivity contribution in [3.63, 3.8) is 0 Å². The van der Waals surface area contributed by atoms with E-state index in [4.69, 9.17) is 15.3 Å². The van der Waals surface area contributed by atoms with Crippen LogP contribution in [0.2, 0.25) is 0 Å². The van der Waals surface area contributed by atoms with E-state index in [9.17, 15) is 4.79 Å². The van der Waals surface area contributed by atoms with E-state index in [1.807, 2.05) is 5.32 Å². The molecule has 5 heteroatoms. The third kappa shape index (κ3) is 5.53. The highest BCUT2D eigenvalue weighted by molar-refractivity contribution is 5.92. The first kappa shape index (κ1) is 10.1. The Morgan fingerprint density at radius 2 is 2.00 bits per heavy atom. The van der Waals surface area contributed by atoms with Gasteiger partial charge in [0, 0.05) is 5.57 Å². The second-order valence-corrected chi connectivity index (χ2v) is 2.24. The maximum Gasteiger partial charge on any atom is 0.293 e. The average molecular weight is 161 g/mol. The molecule has 0 aliphatic rings. The third-order valence-electron chi connectivity index (χ3n) is 0.874. The fourth-order valence-electron chi connectivity index (χ4n) is 0.350. The van der Waals surface area contributed by atoms with Crippen molar-refractivity contribution in [2.45, 2.75) is 12.9 Å². The smallest absolute Gasteiger partial charge is 0.293 e. The van der Waals surface area contributed by atoms with Crippen molar-refractivity contribution in [1.29, 1.82) is 0 Å². The van der Waals surface area contributed by atoms with Crippen molar-refractivity contribution in [3.8, 4) is 0 Å². The van der Waals surface area contributed by atoms with Crippen molar-refractivity contribution >= 4 is 5.91 Å². The molecule has 0 rings (SSSR count). The maximum atomic E-state index is 10.6. The summed E-state index contributed by atoms with van der Waals surface area (Å²) >= 11 is 0. The topological polar surface area (TPSA) is 89.8 Å². The lowest BCUT2D eigenvalue weighted by atomic mass is 10.3. The number of hydrogen-bond donors (Lipinski definition) is 4. The van der Waals surface area contributed by atoms with Crippen LogP contribution < -0.4 is 5.32 Å². The van der Waals surface area contributed by atoms with E-state index in [-0.39, 0.29) is 5.57 Å². The first-order valence-electron chi connectivity index (χ1n) is 2.94. The number of carbonyl (C=O) groups is 1. The van der Waals surface area contributed by atoms with Gasteiger partial charge in [0.25, 0.3) is 5.97 Å². The van der Waals surface area contributed by atoms with Gasteiger partial charge in [-0.3, -0.25) is 4.79 Å². The fourth-order valence-corrected chi connectivity index (χ4v) is 0.350. The number of nitrogens with one attached hydrogen (secondary N) is 1. The molecule has 0 spiro atoms. The van der Waals surface area contributed by atoms with Gasteiger partial charge in [-0.05, 0) is 6.92 Å². The van der Waals surface area contributed by atoms with Crippen molar-refractivity contribution in [1.82, 2.24) is 5.32 Å². The van der Waals surface area contributed by atoms with Gasteiger partial charge in [0.05, 0.1) is 6.54 Å². The molecule has 11 heavy (non-hydrogen) atoms. The van der Waals surface area contributed by atoms with Gasteiger partial charge in [0.2, 0.25) is 5.91 Å². The van der Waals surface area contributed by atoms with Crippen molar-refractivity contribution in [2.75, 3.05) is 6.54 Å². The molecule has 1 amide bonds. The monoisotopic (exact) mass is 161 g/mol. The molecule has 0 aliphatic carbocycles. The van der Waals surface area contributed by atoms with Crippen molar-refractivity contribution < 1.29 is 20.1 Å². The molecule has 0 saturated heterocycles. The van der Waals surface area contributed by atoms with Crippen LogP contribution in [0.25, 0.3) is 0 Å². The molecule has 0 fully saturated rings. The summed E-state index contributed by atoms with van der Waals surface area (Å²) < 4.78 is 0. The molecule has 0 radical (unpaired) electrons. The lowest BCUT2D eigenvalue weighted by Crippen LogP contribution is -2.42. The van der Waals surface area contributed by atoms with Crippen LogP contribution >= 0.6 is 0 Å². The normalized spacial score (nSPS) is 10.9. The highest BCUT2D eigenvalue weighted by Gasteiger charge is 2.18. The molecular weight excluding hydrogens is 150 g/mol. The maximum absolute atomic E-state index is 10.6. The highest BCUT2D eigenvalue weighted by Crippen LogP contribution is 1.90. The Morgan fingerprint density at radius 1 is 1.55 bits per heavy atom. The number of carbonyl (C=O) groups excluding carboxylic acids is 1. The SMILES string of the molecule is C=C(C)C(=O)NCC(O)(O)O. The molecule has 0 heterocycles. The Bertz CT molecular complexity index is 170. The van der Waals surface area contributed by atoms with Crippen LogP contribution in [0, 0.1) is 0 Å². The van der Waals surface area contributed by atoms with Crippen LogP contribution in [0.4, 0.5) is 0 Å². The van der Waals surface area contributed by atoms with E-state index < -0.39 is 18.4 Å². The van der Waals surface area contributed by atoms with Gasteiger partial charge in [0.1, 0.15) is 0 Å². The van der Waals surface area contributed by atoms with Gasteiger partial charge in [-0.25, -0.2) is 0 Å². The number of amides is 1. The minimum atomic E-state index is -2.86. The average Bonchev–Trinajstić information content (AvgIpc) is 1.80. The summed E-state index contributed by atoms with van der Waals surface area (Å²) in [5.74, 6) is -3.39. The molecular formula is C6H11NO4. The molecule has 0 aromatic carbocycles. The van der Waals surface area contributed by atoms with Gasteiger partial charge in [-0.1, -0.05) is 6.58 Å². The quantitative estimate of drug-likeness (QED) is 0.293. The predicted molar refractivity (Wildman–Crippen MR) is 37.2 cm³/mol. The summed E-state index contributed by atoms with van der Waals surface area (Å²) in [6.45, 7) is 4.12. The Balaban J connectivity index is 3.73. The second kappa shape index (κ2) is 3.47. The van der Waals surface area contributed by atoms with E-state index >= 15 is 0 Å². The number of hydrogen-bond acceptors (Lipinski definition) is 4. The van der Waals surface area contributed by atoms with Crippen LogP contribution in [0.15, 0.2) is 12.2 Å². The van der Waals surface area contributed by atoms with Crippen LogP contribution in [-0.4, -0.2) is 33.7 Å². The summed E-state index contributed by atoms with van der Waals surface area (Å²) in [7, 11) is 0. The molecule has 4 N–H and O–H groups in total. The summed E-state index contributed by atoms with van der Waals surface area (Å²) in [6, 6.07) is 0. The molecule has 0 aromatic rings. The lowest BCUT2D eigenvalue weighted by molar-refractivity contribution is -0.305. The van der Waals surface area contributed by atoms with Crippen LogP contribution in [-0.2, 0) is 4.79 Å². The molecule has 0 saturated carbocycles. The van der Waals surface area contributed by atoms with E-state index in [0.29, 0.717) is 0 Å². The molecule has 0 atom stereocenters. The van der Waals surface area contributed by atoms with E-state index in [0.717, 1.165) is 0 Å². The summed E-state index contributed by atoms with van der Waals surface area (Å²) in [6.07, 6.45) is 0. The van der Waals surface area contributed by atoms with Gasteiger partial charge in [-0.2, -0.15) is 0 Å². The van der Waals surface area contributed by atoms with E-state index in [1.54, 1.807) is 0 Å². The number of rotatable bonds is 3. The Morgan fingerprint density at radius 3 is 2.27 bits per heavy atom. The van der Waals surface area contributed by atoms with E-state index in [1.165, 1.54) is 6.92 Å². The largest absolute Gasteiger partial charge is 0.344 e. The van der Waals surface area contributed by atoms with Gasteiger partial charge in [-0.15, -0.1) is 0 Å². The van der Waals surface area contributed by atoms with Crippen LogP contribution in [0.5, 0.6) is 0 Å². The van der Waals surface area contributed by atoms with Gasteiger partial charge in [0.15, 0.2) is 0 Å². The summed E-state index contributed by atoms with van der Waals surface area (Å²) in [5, 5.41) is 27.0. The minimum Gasteiger partial charge on any atom is -0.344 e. The van der Waals surface area contributed by atoms with Crippen LogP contribution in [0.1, 0.15) is 6.92 Å². The van der Waals surface area contributed by atoms with Gasteiger partial charge >= 0.3 is 0 Å². The molecule has 5 nitrogen and oxygen atoms in total. The molecule has 0 aromatic heterocycles. The Labute approximate surface area is 64.0 Å². The Hall–Kier alpha value is -0.910. The van der Waals surface area contributed by atoms with Crippen molar-refractivity contribution in [2.24, 2.45) is 0 Å². The highest BCUT2D eigenvalue weighted by atomic mass is 16.7.